The summed E-state index contributed by atoms with van der Waals surface area (Å²) in [6.07, 6.45) is -0.517. The molecule has 1 amide bonds. The van der Waals surface area contributed by atoms with Crippen LogP contribution < -0.4 is 0 Å². The predicted molar refractivity (Wildman–Crippen MR) is 76.3 cm³/mol. The van der Waals surface area contributed by atoms with Gasteiger partial charge in [-0.2, -0.15) is 4.98 Å². The zero-order chi connectivity index (χ0) is 17.2. The van der Waals surface area contributed by atoms with Crippen LogP contribution in [0.2, 0.25) is 0 Å². The van der Waals surface area contributed by atoms with E-state index in [0.717, 1.165) is 4.90 Å². The molecule has 0 N–H and O–H groups in total. The lowest BCUT2D eigenvalue weighted by Crippen LogP contribution is -2.45. The van der Waals surface area contributed by atoms with E-state index in [2.05, 4.69) is 10.1 Å². The van der Waals surface area contributed by atoms with Gasteiger partial charge in [0.15, 0.2) is 5.82 Å². The minimum Gasteiger partial charge on any atom is -0.379 e. The molecule has 0 bridgehead atoms. The normalized spacial score (nSPS) is 24.5. The molecule has 2 fully saturated rings. The molecule has 1 aromatic heterocycles. The number of nitrogens with zero attached hydrogens (tertiary/aromatic N) is 4. The molecule has 3 heterocycles. The molecule has 8 nitrogen and oxygen atoms in total. The van der Waals surface area contributed by atoms with Crippen molar-refractivity contribution in [3.05, 3.63) is 11.7 Å². The van der Waals surface area contributed by atoms with Gasteiger partial charge >= 0.3 is 0 Å². The average Bonchev–Trinajstić information content (AvgIpc) is 3.12. The second kappa shape index (κ2) is 7.08. The average molecular weight is 346 g/mol. The summed E-state index contributed by atoms with van der Waals surface area (Å²) in [5.41, 5.74) is 0. The summed E-state index contributed by atoms with van der Waals surface area (Å²) in [4.78, 5) is 19.6. The second-order valence-corrected chi connectivity index (χ2v) is 5.97. The van der Waals surface area contributed by atoms with Crippen molar-refractivity contribution in [1.29, 1.82) is 0 Å². The molecular weight excluding hydrogens is 326 g/mol. The first-order valence-corrected chi connectivity index (χ1v) is 7.77. The zero-order valence-electron chi connectivity index (χ0n) is 13.4. The molecule has 0 saturated carbocycles. The Hall–Kier alpha value is -1.65. The smallest absolute Gasteiger partial charge is 0.267 e. The molecule has 0 unspecified atom stereocenters. The minimum atomic E-state index is -2.97. The van der Waals surface area contributed by atoms with Crippen LogP contribution in [0.25, 0.3) is 0 Å². The Kier molecular flexibility index (Phi) is 5.07. The molecule has 1 aromatic rings. The first kappa shape index (κ1) is 17.2. The fourth-order valence-corrected chi connectivity index (χ4v) is 2.93. The van der Waals surface area contributed by atoms with E-state index in [1.165, 1.54) is 7.11 Å². The highest BCUT2D eigenvalue weighted by molar-refractivity contribution is 5.79. The van der Waals surface area contributed by atoms with Crippen LogP contribution in [0.15, 0.2) is 4.52 Å². The number of ether oxygens (including phenoxy) is 2. The predicted octanol–water partition coefficient (Wildman–Crippen LogP) is 0.457. The maximum absolute atomic E-state index is 13.9. The summed E-state index contributed by atoms with van der Waals surface area (Å²) in [6.45, 7) is 1.86. The second-order valence-electron chi connectivity index (χ2n) is 5.97. The lowest BCUT2D eigenvalue weighted by molar-refractivity contribution is -0.136. The molecule has 2 saturated heterocycles. The van der Waals surface area contributed by atoms with Gasteiger partial charge in [-0.1, -0.05) is 5.16 Å². The third-order valence-corrected chi connectivity index (χ3v) is 4.10. The maximum Gasteiger partial charge on any atom is 0.267 e. The molecule has 0 aromatic carbocycles. The molecular formula is C14H20F2N4O4. The van der Waals surface area contributed by atoms with E-state index in [9.17, 15) is 13.6 Å². The fourth-order valence-electron chi connectivity index (χ4n) is 2.93. The zero-order valence-corrected chi connectivity index (χ0v) is 13.4. The van der Waals surface area contributed by atoms with E-state index in [-0.39, 0.29) is 30.8 Å². The van der Waals surface area contributed by atoms with Gasteiger partial charge in [0.1, 0.15) is 12.6 Å². The molecule has 2 aliphatic rings. The van der Waals surface area contributed by atoms with Gasteiger partial charge in [-0.05, 0) is 0 Å². The highest BCUT2D eigenvalue weighted by Crippen LogP contribution is 2.40. The Morgan fingerprint density at radius 1 is 1.42 bits per heavy atom. The summed E-state index contributed by atoms with van der Waals surface area (Å²) in [5, 5.41) is 3.69. The number of aromatic nitrogens is 2. The van der Waals surface area contributed by atoms with Crippen molar-refractivity contribution in [1.82, 2.24) is 19.9 Å². The summed E-state index contributed by atoms with van der Waals surface area (Å²) in [5.74, 6) is -3.05. The van der Waals surface area contributed by atoms with Crippen LogP contribution in [0.1, 0.15) is 24.2 Å². The van der Waals surface area contributed by atoms with Crippen LogP contribution in [0.5, 0.6) is 0 Å². The number of morpholine rings is 1. The van der Waals surface area contributed by atoms with Crippen LogP contribution in [-0.2, 0) is 20.9 Å². The Balaban J connectivity index is 1.71. The number of carbonyl (C=O) groups excluding carboxylic acids is 1. The van der Waals surface area contributed by atoms with Crippen LogP contribution in [0.4, 0.5) is 8.78 Å². The van der Waals surface area contributed by atoms with Crippen LogP contribution in [0.3, 0.4) is 0 Å². The molecule has 0 spiro atoms. The third-order valence-electron chi connectivity index (χ3n) is 4.10. The van der Waals surface area contributed by atoms with Gasteiger partial charge < -0.3 is 18.9 Å². The molecule has 0 aliphatic carbocycles. The first-order chi connectivity index (χ1) is 11.5. The van der Waals surface area contributed by atoms with Gasteiger partial charge in [-0.3, -0.25) is 9.69 Å². The fraction of sp³-hybridized carbons (Fsp3) is 0.786. The van der Waals surface area contributed by atoms with E-state index in [1.54, 1.807) is 0 Å². The maximum atomic E-state index is 13.9. The van der Waals surface area contributed by atoms with Gasteiger partial charge in [-0.15, -0.1) is 0 Å². The van der Waals surface area contributed by atoms with Crippen molar-refractivity contribution >= 4 is 5.91 Å². The molecule has 134 valence electrons. The van der Waals surface area contributed by atoms with E-state index in [0.29, 0.717) is 26.3 Å². The number of rotatable bonds is 5. The van der Waals surface area contributed by atoms with Crippen molar-refractivity contribution in [2.45, 2.75) is 25.0 Å². The Bertz CT molecular complexity index is 577. The topological polar surface area (TPSA) is 80.9 Å². The highest BCUT2D eigenvalue weighted by Gasteiger charge is 2.49. The number of amides is 1. The van der Waals surface area contributed by atoms with E-state index in [1.807, 2.05) is 4.90 Å². The number of likely N-dealkylation sites (tertiary alicyclic amines) is 1. The van der Waals surface area contributed by atoms with Crippen LogP contribution in [0, 0.1) is 0 Å². The number of hydrogen-bond donors (Lipinski definition) is 0. The Morgan fingerprint density at radius 3 is 2.88 bits per heavy atom. The molecule has 10 heteroatoms. The standard InChI is InChI=1S/C14H20F2N4O4/c1-22-8-11-17-13(24-18-11)10-6-14(15,16)9-20(10)12(21)7-19-2-4-23-5-3-19/h10H,2-9H2,1H3/t10-/m0/s1. The van der Waals surface area contributed by atoms with Crippen molar-refractivity contribution in [2.75, 3.05) is 46.5 Å². The Morgan fingerprint density at radius 2 is 2.17 bits per heavy atom. The lowest BCUT2D eigenvalue weighted by atomic mass is 10.2. The molecule has 2 aliphatic heterocycles. The summed E-state index contributed by atoms with van der Waals surface area (Å²) in [7, 11) is 1.47. The van der Waals surface area contributed by atoms with Gasteiger partial charge in [-0.25, -0.2) is 8.78 Å². The number of carbonyl (C=O) groups is 1. The summed E-state index contributed by atoms with van der Waals surface area (Å²) >= 11 is 0. The number of methoxy groups -OCH3 is 1. The first-order valence-electron chi connectivity index (χ1n) is 7.77. The molecule has 3 rings (SSSR count). The Labute approximate surface area is 137 Å². The van der Waals surface area contributed by atoms with E-state index in [4.69, 9.17) is 14.0 Å². The molecule has 0 radical (unpaired) electrons. The van der Waals surface area contributed by atoms with Crippen LogP contribution >= 0.6 is 0 Å². The third kappa shape index (κ3) is 3.87. The van der Waals surface area contributed by atoms with Gasteiger partial charge in [0.05, 0.1) is 26.3 Å². The summed E-state index contributed by atoms with van der Waals surface area (Å²) in [6, 6.07) is -0.911. The highest BCUT2D eigenvalue weighted by atomic mass is 19.3. The largest absolute Gasteiger partial charge is 0.379 e. The number of hydrogen-bond acceptors (Lipinski definition) is 7. The van der Waals surface area contributed by atoms with Crippen molar-refractivity contribution in [3.63, 3.8) is 0 Å². The minimum absolute atomic E-state index is 0.0227. The van der Waals surface area contributed by atoms with Gasteiger partial charge in [0.2, 0.25) is 11.8 Å². The summed E-state index contributed by atoms with van der Waals surface area (Å²) < 4.78 is 42.9. The monoisotopic (exact) mass is 346 g/mol. The van der Waals surface area contributed by atoms with Crippen molar-refractivity contribution in [3.8, 4) is 0 Å². The quantitative estimate of drug-likeness (QED) is 0.766. The molecule has 1 atom stereocenters. The molecule has 24 heavy (non-hydrogen) atoms. The van der Waals surface area contributed by atoms with Gasteiger partial charge in [0.25, 0.3) is 5.92 Å². The lowest BCUT2D eigenvalue weighted by Gasteiger charge is -2.29. The number of alkyl halides is 2. The number of halogens is 2. The van der Waals surface area contributed by atoms with E-state index < -0.39 is 24.9 Å². The van der Waals surface area contributed by atoms with Crippen LogP contribution in [-0.4, -0.2) is 78.3 Å². The van der Waals surface area contributed by atoms with E-state index >= 15 is 0 Å². The van der Waals surface area contributed by atoms with Crippen molar-refractivity contribution in [2.24, 2.45) is 0 Å². The SMILES string of the molecule is COCc1noc([C@@H]2CC(F)(F)CN2C(=O)CN2CCOCC2)n1. The van der Waals surface area contributed by atoms with Crippen molar-refractivity contribution < 1.29 is 27.6 Å². The van der Waals surface area contributed by atoms with Gasteiger partial charge in [0, 0.05) is 26.6 Å².